The van der Waals surface area contributed by atoms with Crippen molar-refractivity contribution in [3.05, 3.63) is 35.9 Å². The molecule has 0 saturated carbocycles. The van der Waals surface area contributed by atoms with E-state index in [0.717, 1.165) is 6.54 Å². The van der Waals surface area contributed by atoms with Gasteiger partial charge in [-0.1, -0.05) is 37.3 Å². The molecular weight excluding hydrogens is 264 g/mol. The molecule has 2 atom stereocenters. The van der Waals surface area contributed by atoms with Gasteiger partial charge in [-0.3, -0.25) is 4.79 Å². The smallest absolute Gasteiger partial charge is 0.230 e. The summed E-state index contributed by atoms with van der Waals surface area (Å²) in [4.78, 5) is 14.8. The first-order valence-corrected chi connectivity index (χ1v) is 7.79. The summed E-state index contributed by atoms with van der Waals surface area (Å²) in [5.74, 6) is 0.119. The minimum absolute atomic E-state index is 0.0731. The molecule has 1 aliphatic heterocycles. The maximum Gasteiger partial charge on any atom is 0.230 e. The Kier molecular flexibility index (Phi) is 5.76. The SMILES string of the molecule is CCNC1COCC1C(=O)N(Cc1ccccc1)C(C)C. The van der Waals surface area contributed by atoms with Crippen LogP contribution in [0.4, 0.5) is 0 Å². The predicted octanol–water partition coefficient (Wildman–Crippen LogP) is 2.05. The van der Waals surface area contributed by atoms with Gasteiger partial charge >= 0.3 is 0 Å². The van der Waals surface area contributed by atoms with Crippen LogP contribution in [0.15, 0.2) is 30.3 Å². The van der Waals surface area contributed by atoms with E-state index in [1.54, 1.807) is 0 Å². The average Bonchev–Trinajstić information content (AvgIpc) is 2.93. The third-order valence-electron chi connectivity index (χ3n) is 3.97. The fourth-order valence-corrected chi connectivity index (χ4v) is 2.77. The molecule has 116 valence electrons. The minimum atomic E-state index is -0.0731. The number of rotatable bonds is 6. The van der Waals surface area contributed by atoms with Gasteiger partial charge in [-0.15, -0.1) is 0 Å². The van der Waals surface area contributed by atoms with Gasteiger partial charge in [-0.05, 0) is 26.0 Å². The van der Waals surface area contributed by atoms with Crippen LogP contribution in [0.1, 0.15) is 26.3 Å². The number of benzene rings is 1. The van der Waals surface area contributed by atoms with Crippen LogP contribution in [0.2, 0.25) is 0 Å². The van der Waals surface area contributed by atoms with E-state index in [-0.39, 0.29) is 23.9 Å². The topological polar surface area (TPSA) is 41.6 Å². The van der Waals surface area contributed by atoms with Crippen LogP contribution in [0.3, 0.4) is 0 Å². The Morgan fingerprint density at radius 3 is 2.67 bits per heavy atom. The van der Waals surface area contributed by atoms with E-state index in [2.05, 4.69) is 38.2 Å². The van der Waals surface area contributed by atoms with Gasteiger partial charge in [-0.2, -0.15) is 0 Å². The molecule has 0 spiro atoms. The van der Waals surface area contributed by atoms with Gasteiger partial charge in [0.15, 0.2) is 0 Å². The molecule has 1 heterocycles. The number of hydrogen-bond donors (Lipinski definition) is 1. The summed E-state index contributed by atoms with van der Waals surface area (Å²) in [5.41, 5.74) is 1.17. The van der Waals surface area contributed by atoms with Gasteiger partial charge in [0.1, 0.15) is 0 Å². The van der Waals surface area contributed by atoms with Crippen LogP contribution in [0.25, 0.3) is 0 Å². The second-order valence-corrected chi connectivity index (χ2v) is 5.85. The number of likely N-dealkylation sites (N-methyl/N-ethyl adjacent to an activating group) is 1. The Hall–Kier alpha value is -1.39. The Labute approximate surface area is 127 Å². The molecule has 4 heteroatoms. The normalized spacial score (nSPS) is 21.7. The van der Waals surface area contributed by atoms with Crippen LogP contribution in [-0.2, 0) is 16.1 Å². The number of ether oxygens (including phenoxy) is 1. The standard InChI is InChI=1S/C17H26N2O2/c1-4-18-16-12-21-11-15(16)17(20)19(13(2)3)10-14-8-6-5-7-9-14/h5-9,13,15-16,18H,4,10-12H2,1-3H3. The lowest BCUT2D eigenvalue weighted by Gasteiger charge is -2.31. The largest absolute Gasteiger partial charge is 0.379 e. The highest BCUT2D eigenvalue weighted by Gasteiger charge is 2.36. The summed E-state index contributed by atoms with van der Waals surface area (Å²) in [6.07, 6.45) is 0. The van der Waals surface area contributed by atoms with Crippen molar-refractivity contribution in [2.24, 2.45) is 5.92 Å². The fraction of sp³-hybridized carbons (Fsp3) is 0.588. The van der Waals surface area contributed by atoms with Crippen molar-refractivity contribution >= 4 is 5.91 Å². The van der Waals surface area contributed by atoms with E-state index in [1.165, 1.54) is 5.56 Å². The molecular formula is C17H26N2O2. The monoisotopic (exact) mass is 290 g/mol. The maximum atomic E-state index is 12.9. The number of nitrogens with one attached hydrogen (secondary N) is 1. The Morgan fingerprint density at radius 2 is 2.05 bits per heavy atom. The van der Waals surface area contributed by atoms with Crippen molar-refractivity contribution in [2.75, 3.05) is 19.8 Å². The van der Waals surface area contributed by atoms with Gasteiger partial charge in [0.05, 0.1) is 19.1 Å². The Balaban J connectivity index is 2.08. The molecule has 1 aromatic rings. The zero-order chi connectivity index (χ0) is 15.2. The lowest BCUT2D eigenvalue weighted by Crippen LogP contribution is -2.47. The van der Waals surface area contributed by atoms with Crippen LogP contribution in [0.5, 0.6) is 0 Å². The molecule has 1 aromatic carbocycles. The highest BCUT2D eigenvalue weighted by molar-refractivity contribution is 5.80. The number of carbonyl (C=O) groups excluding carboxylic acids is 1. The van der Waals surface area contributed by atoms with E-state index < -0.39 is 0 Å². The maximum absolute atomic E-state index is 12.9. The van der Waals surface area contributed by atoms with Gasteiger partial charge < -0.3 is 15.0 Å². The number of nitrogens with zero attached hydrogens (tertiary/aromatic N) is 1. The number of amides is 1. The quantitative estimate of drug-likeness (QED) is 0.872. The highest BCUT2D eigenvalue weighted by atomic mass is 16.5. The molecule has 1 N–H and O–H groups in total. The van der Waals surface area contributed by atoms with Gasteiger partial charge in [0, 0.05) is 18.6 Å². The first-order chi connectivity index (χ1) is 10.1. The molecule has 2 unspecified atom stereocenters. The van der Waals surface area contributed by atoms with Crippen molar-refractivity contribution in [3.63, 3.8) is 0 Å². The third kappa shape index (κ3) is 4.05. The van der Waals surface area contributed by atoms with Crippen LogP contribution < -0.4 is 5.32 Å². The molecule has 0 bridgehead atoms. The molecule has 1 fully saturated rings. The summed E-state index contributed by atoms with van der Waals surface area (Å²) in [6.45, 7) is 8.86. The molecule has 1 saturated heterocycles. The lowest BCUT2D eigenvalue weighted by molar-refractivity contribution is -0.138. The summed E-state index contributed by atoms with van der Waals surface area (Å²) in [7, 11) is 0. The van der Waals surface area contributed by atoms with Gasteiger partial charge in [0.25, 0.3) is 0 Å². The predicted molar refractivity (Wildman–Crippen MR) is 83.9 cm³/mol. The van der Waals surface area contributed by atoms with Crippen LogP contribution in [0, 0.1) is 5.92 Å². The number of carbonyl (C=O) groups is 1. The lowest BCUT2D eigenvalue weighted by atomic mass is 10.0. The van der Waals surface area contributed by atoms with E-state index in [1.807, 2.05) is 23.1 Å². The molecule has 4 nitrogen and oxygen atoms in total. The highest BCUT2D eigenvalue weighted by Crippen LogP contribution is 2.20. The van der Waals surface area contributed by atoms with E-state index >= 15 is 0 Å². The van der Waals surface area contributed by atoms with Crippen molar-refractivity contribution < 1.29 is 9.53 Å². The fourth-order valence-electron chi connectivity index (χ4n) is 2.77. The van der Waals surface area contributed by atoms with Crippen molar-refractivity contribution in [1.82, 2.24) is 10.2 Å². The summed E-state index contributed by atoms with van der Waals surface area (Å²) < 4.78 is 5.51. The Morgan fingerprint density at radius 1 is 1.33 bits per heavy atom. The summed E-state index contributed by atoms with van der Waals surface area (Å²) in [6, 6.07) is 10.5. The van der Waals surface area contributed by atoms with E-state index in [0.29, 0.717) is 19.8 Å². The number of hydrogen-bond acceptors (Lipinski definition) is 3. The molecule has 0 radical (unpaired) electrons. The van der Waals surface area contributed by atoms with Crippen LogP contribution >= 0.6 is 0 Å². The summed E-state index contributed by atoms with van der Waals surface area (Å²) in [5, 5.41) is 3.36. The van der Waals surface area contributed by atoms with E-state index in [9.17, 15) is 4.79 Å². The third-order valence-corrected chi connectivity index (χ3v) is 3.97. The van der Waals surface area contributed by atoms with Crippen molar-refractivity contribution in [3.8, 4) is 0 Å². The second-order valence-electron chi connectivity index (χ2n) is 5.85. The molecule has 21 heavy (non-hydrogen) atoms. The minimum Gasteiger partial charge on any atom is -0.379 e. The molecule has 1 aliphatic rings. The first kappa shape index (κ1) is 16.0. The van der Waals surface area contributed by atoms with Crippen LogP contribution in [-0.4, -0.2) is 42.6 Å². The second kappa shape index (κ2) is 7.57. The van der Waals surface area contributed by atoms with Gasteiger partial charge in [0.2, 0.25) is 5.91 Å². The first-order valence-electron chi connectivity index (χ1n) is 7.79. The Bertz CT molecular complexity index is 447. The zero-order valence-electron chi connectivity index (χ0n) is 13.2. The van der Waals surface area contributed by atoms with E-state index in [4.69, 9.17) is 4.74 Å². The molecule has 0 aromatic heterocycles. The van der Waals surface area contributed by atoms with Gasteiger partial charge in [-0.25, -0.2) is 0 Å². The summed E-state index contributed by atoms with van der Waals surface area (Å²) >= 11 is 0. The van der Waals surface area contributed by atoms with Crippen molar-refractivity contribution in [2.45, 2.75) is 39.4 Å². The van der Waals surface area contributed by atoms with Crippen molar-refractivity contribution in [1.29, 1.82) is 0 Å². The molecule has 1 amide bonds. The average molecular weight is 290 g/mol. The molecule has 0 aliphatic carbocycles. The zero-order valence-corrected chi connectivity index (χ0v) is 13.2. The molecule has 2 rings (SSSR count).